The van der Waals surface area contributed by atoms with E-state index in [1.165, 1.54) is 0 Å². The van der Waals surface area contributed by atoms with E-state index in [2.05, 4.69) is 15.5 Å². The van der Waals surface area contributed by atoms with Gasteiger partial charge in [0.1, 0.15) is 6.04 Å². The minimum Gasteiger partial charge on any atom is -0.353 e. The molecular weight excluding hydrogens is 336 g/mol. The second kappa shape index (κ2) is 8.63. The van der Waals surface area contributed by atoms with Gasteiger partial charge in [0, 0.05) is 57.1 Å². The number of nitrogens with one attached hydrogen (secondary N) is 2. The molecule has 0 saturated carbocycles. The predicted molar refractivity (Wildman–Crippen MR) is 93.0 cm³/mol. The maximum Gasteiger partial charge on any atom is 0.242 e. The Kier molecular flexibility index (Phi) is 6.83. The van der Waals surface area contributed by atoms with Gasteiger partial charge in [-0.1, -0.05) is 6.07 Å². The molecule has 3 heterocycles. The zero-order valence-electron chi connectivity index (χ0n) is 13.0. The molecule has 0 spiro atoms. The van der Waals surface area contributed by atoms with Gasteiger partial charge in [-0.25, -0.2) is 0 Å². The van der Waals surface area contributed by atoms with Crippen LogP contribution in [0.15, 0.2) is 17.5 Å². The summed E-state index contributed by atoms with van der Waals surface area (Å²) in [6, 6.07) is 3.71. The molecule has 1 aromatic heterocycles. The van der Waals surface area contributed by atoms with Gasteiger partial charge < -0.3 is 15.5 Å². The van der Waals surface area contributed by atoms with Gasteiger partial charge in [0.15, 0.2) is 0 Å². The van der Waals surface area contributed by atoms with E-state index in [1.807, 2.05) is 22.4 Å². The van der Waals surface area contributed by atoms with E-state index in [1.54, 1.807) is 11.3 Å². The normalized spacial score (nSPS) is 22.3. The minimum atomic E-state index is -0.246. The fourth-order valence-electron chi connectivity index (χ4n) is 3.02. The predicted octanol–water partition coefficient (Wildman–Crippen LogP) is 0.465. The number of thiophene rings is 1. The highest BCUT2D eigenvalue weighted by molar-refractivity contribution is 7.10. The van der Waals surface area contributed by atoms with Crippen LogP contribution in [-0.2, 0) is 9.59 Å². The Morgan fingerprint density at radius 1 is 1.26 bits per heavy atom. The first kappa shape index (κ1) is 18.2. The van der Waals surface area contributed by atoms with Crippen LogP contribution in [0.2, 0.25) is 0 Å². The number of amides is 2. The molecule has 23 heavy (non-hydrogen) atoms. The maximum absolute atomic E-state index is 12.3. The van der Waals surface area contributed by atoms with Crippen LogP contribution in [0.25, 0.3) is 0 Å². The molecular formula is C15H23ClN4O2S. The smallest absolute Gasteiger partial charge is 0.242 e. The van der Waals surface area contributed by atoms with Gasteiger partial charge in [-0.05, 0) is 11.4 Å². The van der Waals surface area contributed by atoms with Gasteiger partial charge in [0.25, 0.3) is 0 Å². The summed E-state index contributed by atoms with van der Waals surface area (Å²) in [6.45, 7) is 5.40. The third-order valence-corrected chi connectivity index (χ3v) is 5.13. The van der Waals surface area contributed by atoms with Crippen LogP contribution < -0.4 is 10.6 Å². The van der Waals surface area contributed by atoms with Crippen molar-refractivity contribution in [1.82, 2.24) is 20.4 Å². The topological polar surface area (TPSA) is 64.7 Å². The van der Waals surface area contributed by atoms with Crippen LogP contribution in [0.5, 0.6) is 0 Å². The third-order valence-electron chi connectivity index (χ3n) is 4.21. The summed E-state index contributed by atoms with van der Waals surface area (Å²) in [5.74, 6) is 0.237. The molecule has 1 unspecified atom stereocenters. The lowest BCUT2D eigenvalue weighted by atomic mass is 10.1. The highest BCUT2D eigenvalue weighted by Gasteiger charge is 2.32. The molecule has 0 radical (unpaired) electrons. The second-order valence-electron chi connectivity index (χ2n) is 5.63. The lowest BCUT2D eigenvalue weighted by Gasteiger charge is -2.35. The van der Waals surface area contributed by atoms with Gasteiger partial charge in [-0.3, -0.25) is 14.5 Å². The first-order chi connectivity index (χ1) is 10.8. The van der Waals surface area contributed by atoms with E-state index < -0.39 is 0 Å². The van der Waals surface area contributed by atoms with Crippen LogP contribution in [-0.4, -0.2) is 67.4 Å². The second-order valence-corrected chi connectivity index (χ2v) is 6.61. The summed E-state index contributed by atoms with van der Waals surface area (Å²) < 4.78 is 0. The van der Waals surface area contributed by atoms with Crippen LogP contribution in [0.3, 0.4) is 0 Å². The van der Waals surface area contributed by atoms with Crippen molar-refractivity contribution < 1.29 is 9.59 Å². The van der Waals surface area contributed by atoms with E-state index in [-0.39, 0.29) is 30.3 Å². The number of rotatable bonds is 4. The Morgan fingerprint density at radius 3 is 2.74 bits per heavy atom. The van der Waals surface area contributed by atoms with Crippen molar-refractivity contribution in [2.45, 2.75) is 12.5 Å². The molecule has 0 aromatic carbocycles. The lowest BCUT2D eigenvalue weighted by molar-refractivity contribution is -0.134. The third kappa shape index (κ3) is 4.44. The molecule has 0 aliphatic carbocycles. The molecule has 2 amide bonds. The molecule has 2 fully saturated rings. The number of hydrogen-bond acceptors (Lipinski definition) is 5. The van der Waals surface area contributed by atoms with Crippen molar-refractivity contribution in [2.75, 3.05) is 45.8 Å². The molecule has 1 aromatic rings. The Morgan fingerprint density at radius 2 is 2.04 bits per heavy atom. The molecule has 3 rings (SSSR count). The monoisotopic (exact) mass is 358 g/mol. The van der Waals surface area contributed by atoms with Gasteiger partial charge in [0.2, 0.25) is 11.8 Å². The molecule has 1 atom stereocenters. The number of carbonyl (C=O) groups is 2. The summed E-state index contributed by atoms with van der Waals surface area (Å²) in [5.41, 5.74) is 0. The number of carbonyl (C=O) groups excluding carboxylic acids is 2. The van der Waals surface area contributed by atoms with E-state index >= 15 is 0 Å². The number of piperazine rings is 2. The first-order valence-corrected chi connectivity index (χ1v) is 8.67. The van der Waals surface area contributed by atoms with Crippen LogP contribution in [0.1, 0.15) is 17.3 Å². The van der Waals surface area contributed by atoms with Gasteiger partial charge in [-0.15, -0.1) is 23.7 Å². The zero-order valence-corrected chi connectivity index (χ0v) is 14.6. The summed E-state index contributed by atoms with van der Waals surface area (Å²) in [5, 5.41) is 8.16. The number of nitrogens with zero attached hydrogens (tertiary/aromatic N) is 2. The standard InChI is InChI=1S/C15H22N4O2S.ClH/c20-13(18-8-4-16-5-9-18)3-7-19-10-6-17-15(21)14(19)12-2-1-11-22-12;/h1-2,11,14,16H,3-10H2,(H,17,21);1H. The minimum absolute atomic E-state index is 0. The number of hydrogen-bond donors (Lipinski definition) is 2. The highest BCUT2D eigenvalue weighted by Crippen LogP contribution is 2.27. The van der Waals surface area contributed by atoms with Gasteiger partial charge in [-0.2, -0.15) is 0 Å². The van der Waals surface area contributed by atoms with Crippen molar-refractivity contribution in [2.24, 2.45) is 0 Å². The van der Waals surface area contributed by atoms with E-state index in [0.717, 1.165) is 37.6 Å². The molecule has 2 N–H and O–H groups in total. The molecule has 6 nitrogen and oxygen atoms in total. The zero-order chi connectivity index (χ0) is 15.4. The molecule has 128 valence electrons. The quantitative estimate of drug-likeness (QED) is 0.821. The molecule has 2 saturated heterocycles. The van der Waals surface area contributed by atoms with Crippen LogP contribution >= 0.6 is 23.7 Å². The van der Waals surface area contributed by atoms with Gasteiger partial charge in [0.05, 0.1) is 0 Å². The summed E-state index contributed by atoms with van der Waals surface area (Å²) in [7, 11) is 0. The highest BCUT2D eigenvalue weighted by atomic mass is 35.5. The van der Waals surface area contributed by atoms with E-state index in [0.29, 0.717) is 19.5 Å². The van der Waals surface area contributed by atoms with E-state index in [9.17, 15) is 9.59 Å². The number of halogens is 1. The maximum atomic E-state index is 12.3. The van der Waals surface area contributed by atoms with Gasteiger partial charge >= 0.3 is 0 Å². The Labute approximate surface area is 146 Å². The SMILES string of the molecule is Cl.O=C1NCCN(CCC(=O)N2CCNCC2)C1c1cccs1. The fraction of sp³-hybridized carbons (Fsp3) is 0.600. The van der Waals surface area contributed by atoms with Crippen molar-refractivity contribution in [3.05, 3.63) is 22.4 Å². The Bertz CT molecular complexity index is 520. The summed E-state index contributed by atoms with van der Waals surface area (Å²) in [4.78, 5) is 29.6. The van der Waals surface area contributed by atoms with Crippen LogP contribution in [0, 0.1) is 0 Å². The van der Waals surface area contributed by atoms with Crippen molar-refractivity contribution >= 4 is 35.6 Å². The van der Waals surface area contributed by atoms with Crippen molar-refractivity contribution in [1.29, 1.82) is 0 Å². The summed E-state index contributed by atoms with van der Waals surface area (Å²) >= 11 is 1.59. The van der Waals surface area contributed by atoms with Crippen LogP contribution in [0.4, 0.5) is 0 Å². The van der Waals surface area contributed by atoms with E-state index in [4.69, 9.17) is 0 Å². The molecule has 2 aliphatic heterocycles. The first-order valence-electron chi connectivity index (χ1n) is 7.79. The fourth-order valence-corrected chi connectivity index (χ4v) is 3.88. The Hall–Kier alpha value is -1.15. The molecule has 2 aliphatic rings. The average molecular weight is 359 g/mol. The van der Waals surface area contributed by atoms with Crippen molar-refractivity contribution in [3.63, 3.8) is 0 Å². The Balaban J connectivity index is 0.00000192. The van der Waals surface area contributed by atoms with Crippen molar-refractivity contribution in [3.8, 4) is 0 Å². The lowest BCUT2D eigenvalue weighted by Crippen LogP contribution is -2.51. The average Bonchev–Trinajstić information content (AvgIpc) is 3.07. The summed E-state index contributed by atoms with van der Waals surface area (Å²) in [6.07, 6.45) is 0.481. The molecule has 8 heteroatoms. The largest absolute Gasteiger partial charge is 0.353 e. The molecule has 0 bridgehead atoms.